The maximum Gasteiger partial charge on any atom is 0.225 e. The van der Waals surface area contributed by atoms with Gasteiger partial charge in [0.1, 0.15) is 23.5 Å². The molecule has 8 heterocycles. The Morgan fingerprint density at radius 2 is 1.43 bits per heavy atom. The van der Waals surface area contributed by atoms with E-state index >= 15 is 0 Å². The van der Waals surface area contributed by atoms with Gasteiger partial charge in [-0.15, -0.1) is 0 Å². The summed E-state index contributed by atoms with van der Waals surface area (Å²) in [5.41, 5.74) is 20.3. The summed E-state index contributed by atoms with van der Waals surface area (Å²) in [4.78, 5) is 55.6. The lowest BCUT2D eigenvalue weighted by Crippen LogP contribution is -2.48. The van der Waals surface area contributed by atoms with Crippen LogP contribution in [0.25, 0.3) is 33.3 Å². The van der Waals surface area contributed by atoms with E-state index in [0.29, 0.717) is 55.0 Å². The van der Waals surface area contributed by atoms with Gasteiger partial charge in [-0.1, -0.05) is 18.2 Å². The van der Waals surface area contributed by atoms with E-state index in [1.54, 1.807) is 6.20 Å². The predicted molar refractivity (Wildman–Crippen MR) is 241 cm³/mol. The zero-order valence-electron chi connectivity index (χ0n) is 35.3. The Hall–Kier alpha value is -6.67. The fraction of sp³-hybridized carbons (Fsp3) is 0.386. The highest BCUT2D eigenvalue weighted by Crippen LogP contribution is 2.32. The number of carbonyl (C=O) groups excluding carboxylic acids is 1. The average molecular weight is 852 g/mol. The fourth-order valence-corrected chi connectivity index (χ4v) is 8.30. The Morgan fingerprint density at radius 1 is 0.746 bits per heavy atom. The van der Waals surface area contributed by atoms with Crippen molar-refractivity contribution in [3.8, 4) is 11.3 Å². The molecule has 0 aliphatic carbocycles. The van der Waals surface area contributed by atoms with Crippen molar-refractivity contribution in [2.24, 2.45) is 5.73 Å². The maximum atomic E-state index is 11.2. The number of nitrogen functional groups attached to an aromatic ring is 1. The number of pyridine rings is 1. The van der Waals surface area contributed by atoms with Gasteiger partial charge < -0.3 is 36.3 Å². The molecule has 2 aliphatic rings. The van der Waals surface area contributed by atoms with Gasteiger partial charge in [0.05, 0.1) is 25.1 Å². The van der Waals surface area contributed by atoms with Gasteiger partial charge in [0.2, 0.25) is 18.3 Å². The number of fused-ring (bicyclic) bond motifs is 2. The summed E-state index contributed by atoms with van der Waals surface area (Å²) in [6, 6.07) is 10.4. The number of rotatable bonds is 18. The van der Waals surface area contributed by atoms with Crippen LogP contribution in [-0.4, -0.2) is 151 Å². The number of H-pyrrole nitrogens is 1. The van der Waals surface area contributed by atoms with E-state index in [0.717, 1.165) is 141 Å². The number of hydrogen-bond acceptors (Lipinski definition) is 16. The molecule has 326 valence electrons. The summed E-state index contributed by atoms with van der Waals surface area (Å²) in [6.07, 6.45) is 14.6. The molecule has 6 N–H and O–H groups in total. The topological polar surface area (TPSA) is 227 Å². The Kier molecular flexibility index (Phi) is 13.0. The van der Waals surface area contributed by atoms with Gasteiger partial charge in [0, 0.05) is 139 Å². The molecule has 0 bridgehead atoms. The number of carbonyl (C=O) groups is 1. The molecule has 1 aromatic carbocycles. The van der Waals surface area contributed by atoms with Gasteiger partial charge in [-0.3, -0.25) is 14.6 Å². The lowest BCUT2D eigenvalue weighted by Gasteiger charge is -2.35. The Balaban J connectivity index is 0.759. The summed E-state index contributed by atoms with van der Waals surface area (Å²) in [5.74, 6) is 1.88. The van der Waals surface area contributed by atoms with Gasteiger partial charge in [0.25, 0.3) is 0 Å². The summed E-state index contributed by atoms with van der Waals surface area (Å²) < 4.78 is 7.92. The molecule has 0 unspecified atom stereocenters. The van der Waals surface area contributed by atoms with Crippen molar-refractivity contribution >= 4 is 46.2 Å². The van der Waals surface area contributed by atoms with E-state index in [2.05, 4.69) is 73.0 Å². The summed E-state index contributed by atoms with van der Waals surface area (Å²) >= 11 is 0. The van der Waals surface area contributed by atoms with Gasteiger partial charge in [-0.2, -0.15) is 5.10 Å². The summed E-state index contributed by atoms with van der Waals surface area (Å²) in [5, 5.41) is 9.47. The molecular formula is C44H53N17O2. The standard InChI is InChI=1S/C44H53N17O2/c45-22-33-25-52-44(53-26-33)60-13-9-58(10-14-60)16-18-63-17-15-57-7-11-59(12-8-57)43-50-23-32(24-51-43)20-34-2-1-31(19-35(34)3-5-47-30-62)28-61-42-38(40(46)54-29-55-42)39(56-61)37-21-36-4-6-48-41(36)49-27-37/h1-2,4,6,19,21,23-27,29-30H,3,5,7-18,20,22,28,45H2,(H,47,62)(H,48,49)(H2,46,54,55). The second-order valence-corrected chi connectivity index (χ2v) is 16.0. The highest BCUT2D eigenvalue weighted by Gasteiger charge is 2.22. The van der Waals surface area contributed by atoms with Crippen LogP contribution < -0.4 is 26.6 Å². The van der Waals surface area contributed by atoms with E-state index in [-0.39, 0.29) is 0 Å². The first-order valence-electron chi connectivity index (χ1n) is 21.5. The Morgan fingerprint density at radius 3 is 2.10 bits per heavy atom. The van der Waals surface area contributed by atoms with E-state index in [4.69, 9.17) is 31.3 Å². The molecule has 19 nitrogen and oxygen atoms in total. The van der Waals surface area contributed by atoms with Crippen LogP contribution in [0.2, 0.25) is 0 Å². The van der Waals surface area contributed by atoms with Crippen molar-refractivity contribution in [1.82, 2.24) is 64.8 Å². The van der Waals surface area contributed by atoms with Crippen molar-refractivity contribution < 1.29 is 9.53 Å². The molecule has 0 radical (unpaired) electrons. The quantitative estimate of drug-likeness (QED) is 0.0714. The number of amides is 1. The van der Waals surface area contributed by atoms with Crippen LogP contribution in [-0.2, 0) is 35.5 Å². The van der Waals surface area contributed by atoms with E-state index < -0.39 is 0 Å². The monoisotopic (exact) mass is 851 g/mol. The highest BCUT2D eigenvalue weighted by atomic mass is 16.5. The predicted octanol–water partition coefficient (Wildman–Crippen LogP) is 1.88. The molecule has 19 heteroatoms. The normalized spacial score (nSPS) is 15.1. The van der Waals surface area contributed by atoms with Crippen LogP contribution in [0.1, 0.15) is 27.8 Å². The van der Waals surface area contributed by atoms with Crippen molar-refractivity contribution in [2.75, 3.05) is 101 Å². The van der Waals surface area contributed by atoms with E-state index in [9.17, 15) is 4.79 Å². The third-order valence-corrected chi connectivity index (χ3v) is 11.9. The molecule has 2 aliphatic heterocycles. The molecule has 0 spiro atoms. The van der Waals surface area contributed by atoms with E-state index in [1.165, 1.54) is 6.33 Å². The minimum atomic E-state index is 0.360. The third kappa shape index (κ3) is 9.86. The van der Waals surface area contributed by atoms with Crippen LogP contribution in [0.3, 0.4) is 0 Å². The zero-order chi connectivity index (χ0) is 43.0. The van der Waals surface area contributed by atoms with Crippen molar-refractivity contribution in [2.45, 2.75) is 25.9 Å². The molecule has 0 atom stereocenters. The fourth-order valence-electron chi connectivity index (χ4n) is 8.30. The first-order valence-corrected chi connectivity index (χ1v) is 21.5. The van der Waals surface area contributed by atoms with Crippen LogP contribution in [0.4, 0.5) is 17.7 Å². The van der Waals surface area contributed by atoms with Crippen LogP contribution in [0, 0.1) is 0 Å². The summed E-state index contributed by atoms with van der Waals surface area (Å²) in [7, 11) is 0. The number of piperazine rings is 2. The highest BCUT2D eigenvalue weighted by molar-refractivity contribution is 5.99. The number of hydrogen-bond donors (Lipinski definition) is 4. The molecule has 6 aromatic heterocycles. The second-order valence-electron chi connectivity index (χ2n) is 16.0. The number of ether oxygens (including phenoxy) is 1. The number of anilines is 3. The molecule has 9 rings (SSSR count). The molecule has 1 amide bonds. The first kappa shape index (κ1) is 41.7. The van der Waals surface area contributed by atoms with Crippen LogP contribution in [0.15, 0.2) is 73.8 Å². The SMILES string of the molecule is NCc1cnc(N2CCN(CCOCCN3CCN(c4ncc(Cc5ccc(Cn6nc(-c7cnc8[nH]ccc8c7)c7c(N)ncnc76)cc5CCNC=O)cn4)CC3)CC2)nc1. The molecule has 63 heavy (non-hydrogen) atoms. The van der Waals surface area contributed by atoms with Gasteiger partial charge in [0.15, 0.2) is 5.65 Å². The lowest BCUT2D eigenvalue weighted by molar-refractivity contribution is -0.109. The number of benzene rings is 1. The Bertz CT molecular complexity index is 2600. The second kappa shape index (κ2) is 19.6. The number of aromatic amines is 1. The lowest BCUT2D eigenvalue weighted by atomic mass is 9.96. The van der Waals surface area contributed by atoms with Gasteiger partial charge in [-0.05, 0) is 40.8 Å². The van der Waals surface area contributed by atoms with Crippen LogP contribution >= 0.6 is 0 Å². The largest absolute Gasteiger partial charge is 0.383 e. The van der Waals surface area contributed by atoms with E-state index in [1.807, 2.05) is 47.8 Å². The van der Waals surface area contributed by atoms with Crippen molar-refractivity contribution in [3.05, 3.63) is 102 Å². The molecule has 7 aromatic rings. The smallest absolute Gasteiger partial charge is 0.225 e. The van der Waals surface area contributed by atoms with Gasteiger partial charge in [-0.25, -0.2) is 39.6 Å². The van der Waals surface area contributed by atoms with Crippen molar-refractivity contribution in [1.29, 1.82) is 0 Å². The van der Waals surface area contributed by atoms with Crippen LogP contribution in [0.5, 0.6) is 0 Å². The first-order chi connectivity index (χ1) is 31.0. The molecule has 2 saturated heterocycles. The minimum Gasteiger partial charge on any atom is -0.383 e. The number of aromatic nitrogens is 10. The average Bonchev–Trinajstić information content (AvgIpc) is 3.96. The number of nitrogens with two attached hydrogens (primary N) is 2. The number of nitrogens with one attached hydrogen (secondary N) is 2. The molecular weight excluding hydrogens is 799 g/mol. The Labute approximate surface area is 364 Å². The molecule has 2 fully saturated rings. The third-order valence-electron chi connectivity index (χ3n) is 11.9. The number of nitrogens with zero attached hydrogens (tertiary/aromatic N) is 13. The zero-order valence-corrected chi connectivity index (χ0v) is 35.3. The van der Waals surface area contributed by atoms with Crippen molar-refractivity contribution in [3.63, 3.8) is 0 Å². The summed E-state index contributed by atoms with van der Waals surface area (Å²) in [6.45, 7) is 12.1. The minimum absolute atomic E-state index is 0.360. The maximum absolute atomic E-state index is 11.2. The van der Waals surface area contributed by atoms with Gasteiger partial charge >= 0.3 is 0 Å². The molecule has 0 saturated carbocycles.